The first-order valence-corrected chi connectivity index (χ1v) is 13.6. The summed E-state index contributed by atoms with van der Waals surface area (Å²) in [5.41, 5.74) is -2.09. The minimum Gasteiger partial charge on any atom is -0.367 e. The summed E-state index contributed by atoms with van der Waals surface area (Å²) in [7, 11) is 3.23. The Morgan fingerprint density at radius 1 is 1.02 bits per heavy atom. The van der Waals surface area contributed by atoms with Gasteiger partial charge >= 0.3 is 6.18 Å². The van der Waals surface area contributed by atoms with E-state index in [0.717, 1.165) is 36.9 Å². The summed E-state index contributed by atoms with van der Waals surface area (Å²) in [6.45, 7) is 6.74. The van der Waals surface area contributed by atoms with Crippen LogP contribution >= 0.6 is 0 Å². The van der Waals surface area contributed by atoms with Crippen LogP contribution in [0.4, 0.5) is 34.9 Å². The molecule has 0 unspecified atom stereocenters. The molecule has 2 fully saturated rings. The van der Waals surface area contributed by atoms with Crippen molar-refractivity contribution in [3.63, 3.8) is 0 Å². The van der Waals surface area contributed by atoms with Crippen molar-refractivity contribution in [2.45, 2.75) is 19.1 Å². The zero-order chi connectivity index (χ0) is 30.2. The smallest absolute Gasteiger partial charge is 0.367 e. The average Bonchev–Trinajstić information content (AvgIpc) is 2.96. The Labute approximate surface area is 240 Å². The quantitative estimate of drug-likeness (QED) is 0.440. The number of anilines is 3. The summed E-state index contributed by atoms with van der Waals surface area (Å²) in [5, 5.41) is 5.83. The molecular weight excluding hydrogens is 556 g/mol. The normalized spacial score (nSPS) is 18.3. The largest absolute Gasteiger partial charge is 0.417 e. The fourth-order valence-corrected chi connectivity index (χ4v) is 5.14. The van der Waals surface area contributed by atoms with Gasteiger partial charge in [-0.1, -0.05) is 0 Å². The van der Waals surface area contributed by atoms with Crippen LogP contribution in [0, 0.1) is 5.82 Å². The Bertz CT molecular complexity index is 1520. The lowest BCUT2D eigenvalue weighted by molar-refractivity contribution is -0.138. The Hall–Kier alpha value is -4.04. The second kappa shape index (κ2) is 11.7. The number of carbonyl (C=O) groups excluding carboxylic acids is 1. The summed E-state index contributed by atoms with van der Waals surface area (Å²) < 4.78 is 58.0. The predicted octanol–water partition coefficient (Wildman–Crippen LogP) is 2.80. The Balaban J connectivity index is 1.55. The summed E-state index contributed by atoms with van der Waals surface area (Å²) in [6.07, 6.45) is -1.11. The van der Waals surface area contributed by atoms with E-state index in [2.05, 4.69) is 25.5 Å². The molecule has 1 atom stereocenters. The van der Waals surface area contributed by atoms with Crippen molar-refractivity contribution in [3.8, 4) is 11.1 Å². The number of hydrogen-bond acceptors (Lipinski definition) is 8. The van der Waals surface area contributed by atoms with Crippen molar-refractivity contribution in [1.82, 2.24) is 24.8 Å². The van der Waals surface area contributed by atoms with Gasteiger partial charge in [-0.2, -0.15) is 13.2 Å². The molecule has 14 heteroatoms. The average molecular weight is 589 g/mol. The van der Waals surface area contributed by atoms with Gasteiger partial charge in [-0.25, -0.2) is 14.4 Å². The van der Waals surface area contributed by atoms with E-state index in [1.54, 1.807) is 0 Å². The number of nitrogens with one attached hydrogen (secondary N) is 2. The lowest BCUT2D eigenvalue weighted by Crippen LogP contribution is -2.50. The number of benzene rings is 1. The van der Waals surface area contributed by atoms with Gasteiger partial charge in [0.1, 0.15) is 5.82 Å². The maximum atomic E-state index is 15.7. The molecule has 0 aliphatic carbocycles. The topological polar surface area (TPSA) is 98.6 Å². The zero-order valence-electron chi connectivity index (χ0n) is 23.5. The lowest BCUT2D eigenvalue weighted by atomic mass is 10.0. The molecule has 2 aromatic heterocycles. The van der Waals surface area contributed by atoms with Gasteiger partial charge < -0.3 is 29.9 Å². The fourth-order valence-electron chi connectivity index (χ4n) is 5.14. The van der Waals surface area contributed by atoms with Crippen LogP contribution in [-0.4, -0.2) is 84.2 Å². The summed E-state index contributed by atoms with van der Waals surface area (Å²) in [6, 6.07) is 3.17. The first-order chi connectivity index (χ1) is 19.9. The molecule has 5 rings (SSSR count). The first-order valence-electron chi connectivity index (χ1n) is 13.6. The van der Waals surface area contributed by atoms with Gasteiger partial charge in [-0.15, -0.1) is 0 Å². The third kappa shape index (κ3) is 6.09. The molecule has 2 saturated heterocycles. The number of aromatic nitrogens is 3. The number of alkyl halides is 3. The number of likely N-dealkylation sites (N-methyl/N-ethyl adjacent to an activating group) is 1. The van der Waals surface area contributed by atoms with E-state index >= 15 is 4.39 Å². The highest BCUT2D eigenvalue weighted by Gasteiger charge is 2.36. The third-order valence-corrected chi connectivity index (χ3v) is 7.76. The summed E-state index contributed by atoms with van der Waals surface area (Å²) in [4.78, 5) is 40.2. The van der Waals surface area contributed by atoms with Crippen molar-refractivity contribution in [3.05, 3.63) is 64.1 Å². The molecule has 3 aromatic rings. The minimum atomic E-state index is -4.94. The number of pyridine rings is 1. The molecule has 1 amide bonds. The Morgan fingerprint density at radius 2 is 1.71 bits per heavy atom. The van der Waals surface area contributed by atoms with E-state index in [1.807, 2.05) is 23.8 Å². The number of halogens is 4. The molecule has 0 spiro atoms. The van der Waals surface area contributed by atoms with Crippen LogP contribution in [0.1, 0.15) is 22.8 Å². The van der Waals surface area contributed by atoms with Crippen molar-refractivity contribution in [2.24, 2.45) is 7.05 Å². The number of aryl methyl sites for hydroxylation is 1. The van der Waals surface area contributed by atoms with Gasteiger partial charge in [0, 0.05) is 94.7 Å². The fraction of sp³-hybridized carbons (Fsp3) is 0.429. The van der Waals surface area contributed by atoms with Gasteiger partial charge in [0.15, 0.2) is 0 Å². The molecule has 0 bridgehead atoms. The van der Waals surface area contributed by atoms with Crippen molar-refractivity contribution in [2.75, 3.05) is 68.0 Å². The van der Waals surface area contributed by atoms with Crippen LogP contribution in [0.5, 0.6) is 0 Å². The van der Waals surface area contributed by atoms with Crippen molar-refractivity contribution >= 4 is 23.2 Å². The minimum absolute atomic E-state index is 0.0830. The number of piperazine rings is 2. The Kier molecular flexibility index (Phi) is 8.19. The van der Waals surface area contributed by atoms with E-state index in [-0.39, 0.29) is 17.3 Å². The summed E-state index contributed by atoms with van der Waals surface area (Å²) in [5.74, 6) is -1.16. The molecule has 4 heterocycles. The number of rotatable bonds is 5. The highest BCUT2D eigenvalue weighted by atomic mass is 19.4. The standard InChI is InChI=1S/C28H32F4N8O2/c1-17-15-40(9-8-37(17)2)24-12-22(29)19(18-13-34-27(35-14-18)39-6-4-33-5-7-39)10-23(24)36-26(42)20-16-38(3)25(41)11-21(20)28(30,31)32/h10-14,16-17,33H,4-9,15H2,1-3H3,(H,36,42)/t17-/m1/s1. The SMILES string of the molecule is C[C@@H]1CN(c2cc(F)c(-c3cnc(N4CCNCC4)nc3)cc2NC(=O)c2cn(C)c(=O)cc2C(F)(F)F)CCN1C. The second-order valence-electron chi connectivity index (χ2n) is 10.6. The summed E-state index contributed by atoms with van der Waals surface area (Å²) >= 11 is 0. The van der Waals surface area contributed by atoms with Crippen LogP contribution < -0.4 is 26.0 Å². The number of hydrogen-bond donors (Lipinski definition) is 2. The van der Waals surface area contributed by atoms with Gasteiger partial charge in [0.05, 0.1) is 22.5 Å². The molecule has 0 saturated carbocycles. The molecule has 42 heavy (non-hydrogen) atoms. The highest BCUT2D eigenvalue weighted by Crippen LogP contribution is 2.37. The molecule has 2 aliphatic rings. The number of amides is 1. The predicted molar refractivity (Wildman–Crippen MR) is 151 cm³/mol. The molecule has 10 nitrogen and oxygen atoms in total. The molecule has 224 valence electrons. The van der Waals surface area contributed by atoms with Gasteiger partial charge in [-0.3, -0.25) is 9.59 Å². The van der Waals surface area contributed by atoms with Crippen molar-refractivity contribution in [1.29, 1.82) is 0 Å². The molecule has 2 aliphatic heterocycles. The number of carbonyl (C=O) groups is 1. The maximum absolute atomic E-state index is 15.7. The van der Waals surface area contributed by atoms with Gasteiger partial charge in [0.2, 0.25) is 5.95 Å². The van der Waals surface area contributed by atoms with Crippen LogP contribution in [0.15, 0.2) is 41.6 Å². The van der Waals surface area contributed by atoms with Crippen LogP contribution in [-0.2, 0) is 13.2 Å². The van der Waals surface area contributed by atoms with Crippen LogP contribution in [0.2, 0.25) is 0 Å². The maximum Gasteiger partial charge on any atom is 0.417 e. The van der Waals surface area contributed by atoms with E-state index in [4.69, 9.17) is 0 Å². The van der Waals surface area contributed by atoms with Crippen LogP contribution in [0.25, 0.3) is 11.1 Å². The van der Waals surface area contributed by atoms with E-state index in [1.165, 1.54) is 31.6 Å². The van der Waals surface area contributed by atoms with E-state index in [0.29, 0.717) is 42.9 Å². The lowest BCUT2D eigenvalue weighted by Gasteiger charge is -2.39. The zero-order valence-corrected chi connectivity index (χ0v) is 23.5. The molecular formula is C28H32F4N8O2. The third-order valence-electron chi connectivity index (χ3n) is 7.76. The Morgan fingerprint density at radius 3 is 2.36 bits per heavy atom. The molecule has 2 N–H and O–H groups in total. The monoisotopic (exact) mass is 588 g/mol. The highest BCUT2D eigenvalue weighted by molar-refractivity contribution is 6.07. The first kappa shape index (κ1) is 29.5. The molecule has 0 radical (unpaired) electrons. The van der Waals surface area contributed by atoms with E-state index < -0.39 is 34.6 Å². The van der Waals surface area contributed by atoms with Gasteiger partial charge in [-0.05, 0) is 26.1 Å². The van der Waals surface area contributed by atoms with Gasteiger partial charge in [0.25, 0.3) is 11.5 Å². The second-order valence-corrected chi connectivity index (χ2v) is 10.6. The van der Waals surface area contributed by atoms with E-state index in [9.17, 15) is 22.8 Å². The van der Waals surface area contributed by atoms with Crippen LogP contribution in [0.3, 0.4) is 0 Å². The van der Waals surface area contributed by atoms with Crippen molar-refractivity contribution < 1.29 is 22.4 Å². The number of nitrogens with zero attached hydrogens (tertiary/aromatic N) is 6. The molecule has 1 aromatic carbocycles.